The van der Waals surface area contributed by atoms with Crippen molar-refractivity contribution in [2.24, 2.45) is 7.05 Å². The van der Waals surface area contributed by atoms with E-state index in [9.17, 15) is 4.39 Å². The minimum atomic E-state index is -0.592. The number of hydrogen-bond donors (Lipinski definition) is 1. The molecule has 2 N–H and O–H groups in total. The van der Waals surface area contributed by atoms with Gasteiger partial charge in [0.15, 0.2) is 17.3 Å². The molecular formula is C12H11ClFN3O2. The van der Waals surface area contributed by atoms with Crippen LogP contribution < -0.4 is 15.2 Å². The maximum absolute atomic E-state index is 14.3. The first-order valence-corrected chi connectivity index (χ1v) is 6.03. The van der Waals surface area contributed by atoms with Crippen molar-refractivity contribution < 1.29 is 13.9 Å². The van der Waals surface area contributed by atoms with Gasteiger partial charge in [0.25, 0.3) is 0 Å². The molecule has 0 amide bonds. The first kappa shape index (κ1) is 12.1. The molecule has 0 atom stereocenters. The van der Waals surface area contributed by atoms with Gasteiger partial charge >= 0.3 is 0 Å². The summed E-state index contributed by atoms with van der Waals surface area (Å²) in [6.45, 7) is 0.747. The lowest BCUT2D eigenvalue weighted by atomic mass is 10.1. The molecular weight excluding hydrogens is 273 g/mol. The summed E-state index contributed by atoms with van der Waals surface area (Å²) in [7, 11) is 1.68. The topological polar surface area (TPSA) is 62.3 Å². The van der Waals surface area contributed by atoms with Crippen LogP contribution in [0.4, 0.5) is 10.2 Å². The van der Waals surface area contributed by atoms with Crippen molar-refractivity contribution in [2.45, 2.75) is 0 Å². The van der Waals surface area contributed by atoms with Crippen LogP contribution in [0.5, 0.6) is 11.5 Å². The van der Waals surface area contributed by atoms with Crippen LogP contribution in [0.1, 0.15) is 0 Å². The zero-order valence-electron chi connectivity index (χ0n) is 10.1. The number of aromatic nitrogens is 2. The van der Waals surface area contributed by atoms with Crippen LogP contribution in [0.2, 0.25) is 5.02 Å². The third-order valence-electron chi connectivity index (χ3n) is 2.99. The van der Waals surface area contributed by atoms with Crippen LogP contribution >= 0.6 is 11.6 Å². The van der Waals surface area contributed by atoms with Crippen molar-refractivity contribution in [1.82, 2.24) is 9.78 Å². The smallest absolute Gasteiger partial charge is 0.182 e. The summed E-state index contributed by atoms with van der Waals surface area (Å²) in [6.07, 6.45) is 1.49. The maximum atomic E-state index is 14.3. The number of anilines is 1. The number of nitrogen functional groups attached to an aromatic ring is 1. The summed E-state index contributed by atoms with van der Waals surface area (Å²) < 4.78 is 26.5. The molecule has 3 rings (SSSR count). The van der Waals surface area contributed by atoms with E-state index in [-0.39, 0.29) is 16.3 Å². The number of rotatable bonds is 1. The SMILES string of the molecule is Cn1ncc(-c2cc3c(c(Cl)c2F)OCCO3)c1N. The summed E-state index contributed by atoms with van der Waals surface area (Å²) in [6, 6.07) is 1.53. The highest BCUT2D eigenvalue weighted by Crippen LogP contribution is 2.44. The molecule has 7 heteroatoms. The molecule has 0 saturated heterocycles. The van der Waals surface area contributed by atoms with Crippen LogP contribution in [0.25, 0.3) is 11.1 Å². The predicted octanol–water partition coefficient (Wildman–Crippen LogP) is 2.23. The van der Waals surface area contributed by atoms with Gasteiger partial charge in [-0.3, -0.25) is 4.68 Å². The second kappa shape index (κ2) is 4.31. The Labute approximate surface area is 113 Å². The molecule has 0 bridgehead atoms. The van der Waals surface area contributed by atoms with Crippen LogP contribution in [-0.4, -0.2) is 23.0 Å². The fraction of sp³-hybridized carbons (Fsp3) is 0.250. The Hall–Kier alpha value is -1.95. The van der Waals surface area contributed by atoms with Gasteiger partial charge in [-0.05, 0) is 6.07 Å². The molecule has 100 valence electrons. The predicted molar refractivity (Wildman–Crippen MR) is 69.0 cm³/mol. The number of hydrogen-bond acceptors (Lipinski definition) is 4. The Bertz CT molecular complexity index is 657. The molecule has 1 aliphatic rings. The van der Waals surface area contributed by atoms with Crippen molar-refractivity contribution in [3.05, 3.63) is 23.1 Å². The average molecular weight is 284 g/mol. The zero-order chi connectivity index (χ0) is 13.6. The summed E-state index contributed by atoms with van der Waals surface area (Å²) in [5.74, 6) is 0.407. The molecule has 5 nitrogen and oxygen atoms in total. The number of halogens is 2. The Kier molecular flexibility index (Phi) is 2.74. The van der Waals surface area contributed by atoms with Crippen LogP contribution in [0.3, 0.4) is 0 Å². The first-order chi connectivity index (χ1) is 9.09. The van der Waals surface area contributed by atoms with Gasteiger partial charge in [-0.2, -0.15) is 5.10 Å². The van der Waals surface area contributed by atoms with Crippen molar-refractivity contribution in [2.75, 3.05) is 18.9 Å². The zero-order valence-corrected chi connectivity index (χ0v) is 10.9. The largest absolute Gasteiger partial charge is 0.486 e. The molecule has 2 heterocycles. The normalized spacial score (nSPS) is 13.6. The number of fused-ring (bicyclic) bond motifs is 1. The van der Waals surface area contributed by atoms with Crippen molar-refractivity contribution in [1.29, 1.82) is 0 Å². The van der Waals surface area contributed by atoms with Crippen molar-refractivity contribution in [3.63, 3.8) is 0 Å². The number of nitrogens with two attached hydrogens (primary N) is 1. The van der Waals surface area contributed by atoms with Crippen LogP contribution in [0.15, 0.2) is 12.3 Å². The van der Waals surface area contributed by atoms with E-state index in [1.54, 1.807) is 7.05 Å². The molecule has 0 fully saturated rings. The van der Waals surface area contributed by atoms with Crippen LogP contribution in [0, 0.1) is 5.82 Å². The minimum absolute atomic E-state index is 0.101. The molecule has 2 aromatic rings. The number of ether oxygens (including phenoxy) is 2. The van der Waals surface area contributed by atoms with Gasteiger partial charge < -0.3 is 15.2 Å². The van der Waals surface area contributed by atoms with E-state index in [1.807, 2.05) is 0 Å². The lowest BCUT2D eigenvalue weighted by Gasteiger charge is -2.20. The molecule has 1 aliphatic heterocycles. The molecule has 0 spiro atoms. The molecule has 0 saturated carbocycles. The molecule has 0 radical (unpaired) electrons. The van der Waals surface area contributed by atoms with E-state index in [1.165, 1.54) is 16.9 Å². The molecule has 0 aliphatic carbocycles. The monoisotopic (exact) mass is 283 g/mol. The second-order valence-corrected chi connectivity index (χ2v) is 4.52. The standard InChI is InChI=1S/C12H11ClFN3O2/c1-17-12(15)7(5-16-17)6-4-8-11(9(13)10(6)14)19-3-2-18-8/h4-5H,2-3,15H2,1H3. The lowest BCUT2D eigenvalue weighted by molar-refractivity contribution is 0.171. The summed E-state index contributed by atoms with van der Waals surface area (Å²) >= 11 is 5.98. The molecule has 0 unspecified atom stereocenters. The van der Waals surface area contributed by atoms with Gasteiger partial charge in [-0.15, -0.1) is 0 Å². The fourth-order valence-electron chi connectivity index (χ4n) is 1.97. The van der Waals surface area contributed by atoms with Gasteiger partial charge in [0, 0.05) is 18.2 Å². The molecule has 1 aromatic heterocycles. The quantitative estimate of drug-likeness (QED) is 0.872. The number of nitrogens with zero attached hydrogens (tertiary/aromatic N) is 2. The van der Waals surface area contributed by atoms with Crippen molar-refractivity contribution >= 4 is 17.4 Å². The van der Waals surface area contributed by atoms with Gasteiger partial charge in [-0.1, -0.05) is 11.6 Å². The average Bonchev–Trinajstić information content (AvgIpc) is 2.75. The minimum Gasteiger partial charge on any atom is -0.486 e. The molecule has 19 heavy (non-hydrogen) atoms. The number of aryl methyl sites for hydroxylation is 1. The highest BCUT2D eigenvalue weighted by Gasteiger charge is 2.24. The Morgan fingerprint density at radius 3 is 2.79 bits per heavy atom. The van der Waals surface area contributed by atoms with E-state index in [4.69, 9.17) is 26.8 Å². The summed E-state index contributed by atoms with van der Waals surface area (Å²) in [5.41, 5.74) is 6.57. The second-order valence-electron chi connectivity index (χ2n) is 4.14. The van der Waals surface area contributed by atoms with Crippen LogP contribution in [-0.2, 0) is 7.05 Å². The Morgan fingerprint density at radius 1 is 1.37 bits per heavy atom. The van der Waals surface area contributed by atoms with Gasteiger partial charge in [0.1, 0.15) is 24.1 Å². The highest BCUT2D eigenvalue weighted by atomic mass is 35.5. The van der Waals surface area contributed by atoms with Gasteiger partial charge in [0.2, 0.25) is 0 Å². The third kappa shape index (κ3) is 1.79. The van der Waals surface area contributed by atoms with E-state index >= 15 is 0 Å². The third-order valence-corrected chi connectivity index (χ3v) is 3.33. The van der Waals surface area contributed by atoms with E-state index < -0.39 is 5.82 Å². The van der Waals surface area contributed by atoms with Gasteiger partial charge in [0.05, 0.1) is 6.20 Å². The summed E-state index contributed by atoms with van der Waals surface area (Å²) in [4.78, 5) is 0. The fourth-order valence-corrected chi connectivity index (χ4v) is 2.22. The maximum Gasteiger partial charge on any atom is 0.182 e. The summed E-state index contributed by atoms with van der Waals surface area (Å²) in [5, 5.41) is 3.88. The lowest BCUT2D eigenvalue weighted by Crippen LogP contribution is -2.16. The van der Waals surface area contributed by atoms with E-state index in [2.05, 4.69) is 5.10 Å². The highest BCUT2D eigenvalue weighted by molar-refractivity contribution is 6.32. The number of benzene rings is 1. The first-order valence-electron chi connectivity index (χ1n) is 5.65. The molecule has 1 aromatic carbocycles. The van der Waals surface area contributed by atoms with E-state index in [0.29, 0.717) is 30.3 Å². The Balaban J connectivity index is 2.22. The van der Waals surface area contributed by atoms with Gasteiger partial charge in [-0.25, -0.2) is 4.39 Å². The Morgan fingerprint density at radius 2 is 2.11 bits per heavy atom. The van der Waals surface area contributed by atoms with E-state index in [0.717, 1.165) is 0 Å². The van der Waals surface area contributed by atoms with Crippen molar-refractivity contribution in [3.8, 4) is 22.6 Å².